The number of imidazole rings is 1. The number of aryl methyl sites for hydroxylation is 1. The average molecular weight is 458 g/mol. The maximum atomic E-state index is 11.0. The molecule has 2 heterocycles. The van der Waals surface area contributed by atoms with E-state index in [1.54, 1.807) is 19.4 Å². The molecule has 10 nitrogen and oxygen atoms in total. The van der Waals surface area contributed by atoms with Crippen molar-refractivity contribution in [2.45, 2.75) is 19.4 Å². The summed E-state index contributed by atoms with van der Waals surface area (Å²) in [5.41, 5.74) is 2.26. The van der Waals surface area contributed by atoms with Crippen LogP contribution in [0.5, 0.6) is 11.5 Å². The lowest BCUT2D eigenvalue weighted by atomic mass is 10.2. The number of hydrogen-bond donors (Lipinski definition) is 1. The van der Waals surface area contributed by atoms with E-state index in [2.05, 4.69) is 26.2 Å². The lowest BCUT2D eigenvalue weighted by Gasteiger charge is -2.14. The smallest absolute Gasteiger partial charge is 0.434 e. The molecular formula is C24H22N6O4. The standard InChI is InChI=1S/C24H22N6O4/c1-3-17-7-6-8-18(13-17)28-23-19-14-22(21(33-2)15-20(19)26-16-27-23)34-12-5-4-10-29-11-9-25-24(29)30(31)32/h1,6-9,11,13-16H,4-5,10,12H2,2H3,(H,26,27,28). The van der Waals surface area contributed by atoms with E-state index in [-0.39, 0.29) is 5.95 Å². The summed E-state index contributed by atoms with van der Waals surface area (Å²) >= 11 is 0. The number of nitrogens with zero attached hydrogens (tertiary/aromatic N) is 5. The van der Waals surface area contributed by atoms with Crippen LogP contribution in [0.3, 0.4) is 0 Å². The molecule has 0 atom stereocenters. The molecule has 2 aromatic heterocycles. The number of methoxy groups -OCH3 is 1. The molecule has 0 bridgehead atoms. The monoisotopic (exact) mass is 458 g/mol. The Morgan fingerprint density at radius 1 is 1.18 bits per heavy atom. The van der Waals surface area contributed by atoms with Gasteiger partial charge in [0, 0.05) is 22.7 Å². The van der Waals surface area contributed by atoms with Crippen LogP contribution in [0.2, 0.25) is 0 Å². The van der Waals surface area contributed by atoms with Crippen molar-refractivity contribution in [3.05, 3.63) is 70.8 Å². The number of terminal acetylenes is 1. The zero-order valence-electron chi connectivity index (χ0n) is 18.5. The Bertz CT molecular complexity index is 1360. The lowest BCUT2D eigenvalue weighted by molar-refractivity contribution is -0.396. The normalized spacial score (nSPS) is 10.6. The van der Waals surface area contributed by atoms with Gasteiger partial charge in [-0.3, -0.25) is 0 Å². The van der Waals surface area contributed by atoms with Crippen molar-refractivity contribution in [3.63, 3.8) is 0 Å². The molecule has 0 aliphatic heterocycles. The molecule has 0 radical (unpaired) electrons. The highest BCUT2D eigenvalue weighted by Gasteiger charge is 2.14. The van der Waals surface area contributed by atoms with Crippen molar-refractivity contribution in [3.8, 4) is 23.8 Å². The maximum Gasteiger partial charge on any atom is 0.434 e. The molecule has 0 aliphatic rings. The van der Waals surface area contributed by atoms with Gasteiger partial charge >= 0.3 is 5.95 Å². The molecule has 0 unspecified atom stereocenters. The van der Waals surface area contributed by atoms with Crippen molar-refractivity contribution in [1.29, 1.82) is 0 Å². The van der Waals surface area contributed by atoms with Crippen molar-refractivity contribution >= 4 is 28.4 Å². The summed E-state index contributed by atoms with van der Waals surface area (Å²) in [5, 5.41) is 15.0. The number of unbranched alkanes of at least 4 members (excludes halogenated alkanes) is 1. The zero-order chi connectivity index (χ0) is 23.9. The summed E-state index contributed by atoms with van der Waals surface area (Å²) < 4.78 is 13.0. The summed E-state index contributed by atoms with van der Waals surface area (Å²) in [6.45, 7) is 0.887. The SMILES string of the molecule is C#Cc1cccc(Nc2ncnc3cc(OC)c(OCCCCn4ccnc4[N+](=O)[O-])cc23)c1. The summed E-state index contributed by atoms with van der Waals surface area (Å²) in [4.78, 5) is 23.0. The summed E-state index contributed by atoms with van der Waals surface area (Å²) in [6.07, 6.45) is 11.4. The van der Waals surface area contributed by atoms with Crippen LogP contribution in [0.15, 0.2) is 55.1 Å². The average Bonchev–Trinajstić information content (AvgIpc) is 3.33. The van der Waals surface area contributed by atoms with Crippen LogP contribution in [0.1, 0.15) is 18.4 Å². The van der Waals surface area contributed by atoms with Crippen molar-refractivity contribution in [2.75, 3.05) is 19.0 Å². The second-order valence-corrected chi connectivity index (χ2v) is 7.33. The Kier molecular flexibility index (Phi) is 6.84. The van der Waals surface area contributed by atoms with E-state index in [4.69, 9.17) is 15.9 Å². The van der Waals surface area contributed by atoms with Crippen LogP contribution in [0.4, 0.5) is 17.5 Å². The Hall–Kier alpha value is -4.65. The van der Waals surface area contributed by atoms with E-state index in [9.17, 15) is 10.1 Å². The van der Waals surface area contributed by atoms with E-state index in [1.807, 2.05) is 30.3 Å². The molecule has 0 amide bonds. The van der Waals surface area contributed by atoms with Gasteiger partial charge in [0.15, 0.2) is 11.5 Å². The topological polar surface area (TPSA) is 117 Å². The van der Waals surface area contributed by atoms with Gasteiger partial charge in [-0.05, 0) is 42.0 Å². The van der Waals surface area contributed by atoms with Gasteiger partial charge < -0.3 is 24.9 Å². The second kappa shape index (κ2) is 10.3. The van der Waals surface area contributed by atoms with Crippen molar-refractivity contribution < 1.29 is 14.4 Å². The predicted molar refractivity (Wildman–Crippen MR) is 127 cm³/mol. The molecular weight excluding hydrogens is 436 g/mol. The molecule has 1 N–H and O–H groups in total. The van der Waals surface area contributed by atoms with Crippen LogP contribution in [-0.4, -0.2) is 38.2 Å². The number of fused-ring (bicyclic) bond motifs is 1. The molecule has 10 heteroatoms. The van der Waals surface area contributed by atoms with Crippen molar-refractivity contribution in [1.82, 2.24) is 19.5 Å². The van der Waals surface area contributed by atoms with E-state index in [1.165, 1.54) is 17.1 Å². The van der Waals surface area contributed by atoms with Crippen LogP contribution in [-0.2, 0) is 6.54 Å². The fourth-order valence-electron chi connectivity index (χ4n) is 3.47. The number of hydrogen-bond acceptors (Lipinski definition) is 8. The quantitative estimate of drug-likeness (QED) is 0.162. The Morgan fingerprint density at radius 3 is 2.85 bits per heavy atom. The third-order valence-electron chi connectivity index (χ3n) is 5.12. The highest BCUT2D eigenvalue weighted by atomic mass is 16.6. The Morgan fingerprint density at radius 2 is 2.06 bits per heavy atom. The summed E-state index contributed by atoms with van der Waals surface area (Å²) in [6, 6.07) is 11.1. The number of benzene rings is 2. The first kappa shape index (κ1) is 22.5. The number of anilines is 2. The molecule has 172 valence electrons. The van der Waals surface area contributed by atoms with E-state index in [0.717, 1.165) is 16.6 Å². The van der Waals surface area contributed by atoms with Gasteiger partial charge in [-0.25, -0.2) is 14.5 Å². The number of ether oxygens (including phenoxy) is 2. The number of rotatable bonds is 10. The summed E-state index contributed by atoms with van der Waals surface area (Å²) in [5.74, 6) is 4.17. The fourth-order valence-corrected chi connectivity index (χ4v) is 3.47. The van der Waals surface area contributed by atoms with Crippen LogP contribution in [0.25, 0.3) is 10.9 Å². The van der Waals surface area contributed by atoms with Gasteiger partial charge in [0.05, 0.1) is 25.8 Å². The number of nitro groups is 1. The van der Waals surface area contributed by atoms with Crippen LogP contribution >= 0.6 is 0 Å². The largest absolute Gasteiger partial charge is 0.493 e. The molecule has 4 rings (SSSR count). The Labute approximate surface area is 195 Å². The zero-order valence-corrected chi connectivity index (χ0v) is 18.5. The molecule has 4 aromatic rings. The summed E-state index contributed by atoms with van der Waals surface area (Å²) in [7, 11) is 1.57. The molecule has 0 saturated heterocycles. The third kappa shape index (κ3) is 5.05. The van der Waals surface area contributed by atoms with E-state index >= 15 is 0 Å². The minimum atomic E-state index is -0.493. The van der Waals surface area contributed by atoms with Gasteiger partial charge in [-0.15, -0.1) is 6.42 Å². The van der Waals surface area contributed by atoms with Crippen LogP contribution in [0, 0.1) is 22.5 Å². The van der Waals surface area contributed by atoms with E-state index < -0.39 is 4.92 Å². The molecule has 34 heavy (non-hydrogen) atoms. The lowest BCUT2D eigenvalue weighted by Crippen LogP contribution is -2.05. The van der Waals surface area contributed by atoms with Gasteiger partial charge in [-0.1, -0.05) is 17.0 Å². The van der Waals surface area contributed by atoms with Gasteiger partial charge in [0.1, 0.15) is 24.5 Å². The second-order valence-electron chi connectivity index (χ2n) is 7.33. The first-order valence-corrected chi connectivity index (χ1v) is 10.5. The molecule has 0 saturated carbocycles. The third-order valence-corrected chi connectivity index (χ3v) is 5.12. The predicted octanol–water partition coefficient (Wildman–Crippen LogP) is 4.33. The fraction of sp³-hybridized carbons (Fsp3) is 0.208. The first-order valence-electron chi connectivity index (χ1n) is 10.5. The Balaban J connectivity index is 1.47. The van der Waals surface area contributed by atoms with Crippen molar-refractivity contribution in [2.24, 2.45) is 0 Å². The maximum absolute atomic E-state index is 11.0. The molecule has 2 aromatic carbocycles. The van der Waals surface area contributed by atoms with Gasteiger partial charge in [0.2, 0.25) is 0 Å². The minimum Gasteiger partial charge on any atom is -0.493 e. The molecule has 0 spiro atoms. The van der Waals surface area contributed by atoms with Crippen LogP contribution < -0.4 is 14.8 Å². The number of nitrogens with one attached hydrogen (secondary N) is 1. The van der Waals surface area contributed by atoms with Gasteiger partial charge in [-0.2, -0.15) is 0 Å². The molecule has 0 fully saturated rings. The van der Waals surface area contributed by atoms with Gasteiger partial charge in [0.25, 0.3) is 0 Å². The van der Waals surface area contributed by atoms with E-state index in [0.29, 0.717) is 48.8 Å². The molecule has 0 aliphatic carbocycles. The first-order chi connectivity index (χ1) is 16.6. The highest BCUT2D eigenvalue weighted by molar-refractivity contribution is 5.93. The highest BCUT2D eigenvalue weighted by Crippen LogP contribution is 2.35. The minimum absolute atomic E-state index is 0.162. The number of aromatic nitrogens is 4.